The van der Waals surface area contributed by atoms with E-state index < -0.39 is 72.3 Å². The van der Waals surface area contributed by atoms with E-state index in [9.17, 15) is 39.0 Å². The van der Waals surface area contributed by atoms with Crippen LogP contribution in [-0.4, -0.2) is 93.7 Å². The monoisotopic (exact) mass is 518 g/mol. The van der Waals surface area contributed by atoms with Gasteiger partial charge in [0.2, 0.25) is 23.6 Å². The average molecular weight is 519 g/mol. The van der Waals surface area contributed by atoms with E-state index in [1.165, 1.54) is 6.92 Å². The molecule has 0 bridgehead atoms. The lowest BCUT2D eigenvalue weighted by Crippen LogP contribution is -2.58. The fourth-order valence-electron chi connectivity index (χ4n) is 2.73. The van der Waals surface area contributed by atoms with Gasteiger partial charge in [-0.15, -0.1) is 0 Å². The summed E-state index contributed by atoms with van der Waals surface area (Å²) in [4.78, 5) is 75.0. The number of aliphatic hydroxyl groups is 1. The van der Waals surface area contributed by atoms with Gasteiger partial charge in [-0.1, -0.05) is 0 Å². The molecule has 14 N–H and O–H groups in total. The Labute approximate surface area is 206 Å². The summed E-state index contributed by atoms with van der Waals surface area (Å²) in [6, 6.07) is -6.00. The maximum absolute atomic E-state index is 12.9. The summed E-state index contributed by atoms with van der Waals surface area (Å²) < 4.78 is 0. The standard InChI is InChI=1S/C19H34N8O9/c1-8(28)14(21)17(34)26-10(4-5-12(20)29)16(33)25-9(3-2-6-24-19(22)23)15(32)27-11(18(35)36)7-13(30)31/h8-11,14,28H,2-7,21H2,1H3,(H2,20,29)(H,25,33)(H,26,34)(H,27,32)(H,30,31)(H,35,36)(H4,22,23,24). The quantitative estimate of drug-likeness (QED) is 0.0491. The number of aliphatic carboxylic acids is 2. The molecule has 36 heavy (non-hydrogen) atoms. The number of rotatable bonds is 17. The number of hydrogen-bond donors (Lipinski definition) is 10. The van der Waals surface area contributed by atoms with E-state index in [-0.39, 0.29) is 38.2 Å². The van der Waals surface area contributed by atoms with Crippen molar-refractivity contribution in [2.45, 2.75) is 69.3 Å². The molecule has 0 aliphatic rings. The van der Waals surface area contributed by atoms with Crippen LogP contribution in [0.3, 0.4) is 0 Å². The van der Waals surface area contributed by atoms with E-state index in [0.717, 1.165) is 0 Å². The van der Waals surface area contributed by atoms with Crippen molar-refractivity contribution >= 4 is 41.5 Å². The first-order valence-corrected chi connectivity index (χ1v) is 10.8. The van der Waals surface area contributed by atoms with Crippen molar-refractivity contribution in [2.24, 2.45) is 27.9 Å². The molecule has 17 nitrogen and oxygen atoms in total. The summed E-state index contributed by atoms with van der Waals surface area (Å²) in [5.41, 5.74) is 21.1. The highest BCUT2D eigenvalue weighted by molar-refractivity contribution is 5.95. The molecule has 4 amide bonds. The fraction of sp³-hybridized carbons (Fsp3) is 0.632. The van der Waals surface area contributed by atoms with Crippen LogP contribution in [0.5, 0.6) is 0 Å². The second kappa shape index (κ2) is 15.8. The van der Waals surface area contributed by atoms with Crippen LogP contribution >= 0.6 is 0 Å². The molecule has 204 valence electrons. The number of carboxylic acids is 2. The number of carboxylic acid groups (broad SMARTS) is 2. The van der Waals surface area contributed by atoms with Crippen molar-refractivity contribution in [1.29, 1.82) is 0 Å². The fourth-order valence-corrected chi connectivity index (χ4v) is 2.73. The Morgan fingerprint density at radius 2 is 1.33 bits per heavy atom. The van der Waals surface area contributed by atoms with Crippen LogP contribution < -0.4 is 38.9 Å². The Balaban J connectivity index is 5.72. The lowest BCUT2D eigenvalue weighted by atomic mass is 10.1. The van der Waals surface area contributed by atoms with E-state index in [1.807, 2.05) is 5.32 Å². The number of guanidine groups is 1. The summed E-state index contributed by atoms with van der Waals surface area (Å²) in [7, 11) is 0. The highest BCUT2D eigenvalue weighted by atomic mass is 16.4. The summed E-state index contributed by atoms with van der Waals surface area (Å²) in [5, 5.41) is 34.2. The summed E-state index contributed by atoms with van der Waals surface area (Å²) in [6.07, 6.45) is -2.78. The highest BCUT2D eigenvalue weighted by Crippen LogP contribution is 2.05. The largest absolute Gasteiger partial charge is 0.481 e. The minimum Gasteiger partial charge on any atom is -0.481 e. The third kappa shape index (κ3) is 13.0. The number of hydrogen-bond acceptors (Lipinski definition) is 9. The Kier molecular flexibility index (Phi) is 14.1. The Bertz CT molecular complexity index is 845. The van der Waals surface area contributed by atoms with Gasteiger partial charge >= 0.3 is 11.9 Å². The van der Waals surface area contributed by atoms with Crippen LogP contribution in [0.1, 0.15) is 39.0 Å². The first kappa shape index (κ1) is 32.0. The van der Waals surface area contributed by atoms with Crippen LogP contribution in [0.4, 0.5) is 0 Å². The second-order valence-electron chi connectivity index (χ2n) is 7.84. The molecule has 17 heteroatoms. The summed E-state index contributed by atoms with van der Waals surface area (Å²) in [5.74, 6) is -7.01. The molecule has 0 saturated carbocycles. The van der Waals surface area contributed by atoms with Gasteiger partial charge in [-0.3, -0.25) is 29.0 Å². The zero-order chi connectivity index (χ0) is 28.0. The van der Waals surface area contributed by atoms with Crippen LogP contribution in [0, 0.1) is 0 Å². The Hall–Kier alpha value is -3.99. The number of nitrogens with two attached hydrogens (primary N) is 4. The number of aliphatic hydroxyl groups excluding tert-OH is 1. The van der Waals surface area contributed by atoms with Gasteiger partial charge in [0.1, 0.15) is 24.2 Å². The molecule has 0 fully saturated rings. The van der Waals surface area contributed by atoms with Gasteiger partial charge in [0.05, 0.1) is 12.5 Å². The molecule has 5 atom stereocenters. The van der Waals surface area contributed by atoms with E-state index >= 15 is 0 Å². The predicted octanol–water partition coefficient (Wildman–Crippen LogP) is -4.97. The van der Waals surface area contributed by atoms with Gasteiger partial charge in [0, 0.05) is 13.0 Å². The SMILES string of the molecule is CC(O)C(N)C(=O)NC(CCC(N)=O)C(=O)NC(CCCN=C(N)N)C(=O)NC(CC(=O)O)C(=O)O. The van der Waals surface area contributed by atoms with Crippen LogP contribution in [-0.2, 0) is 28.8 Å². The van der Waals surface area contributed by atoms with E-state index in [4.69, 9.17) is 28.0 Å². The molecule has 0 aliphatic carbocycles. The first-order valence-electron chi connectivity index (χ1n) is 10.8. The molecule has 0 saturated heterocycles. The van der Waals surface area contributed by atoms with Gasteiger partial charge in [-0.25, -0.2) is 4.79 Å². The van der Waals surface area contributed by atoms with Gasteiger partial charge in [-0.2, -0.15) is 0 Å². The molecular weight excluding hydrogens is 484 g/mol. The van der Waals surface area contributed by atoms with Gasteiger partial charge in [-0.05, 0) is 26.2 Å². The number of carbonyl (C=O) groups excluding carboxylic acids is 4. The number of nitrogens with one attached hydrogen (secondary N) is 3. The molecule has 0 heterocycles. The number of carbonyl (C=O) groups is 6. The smallest absolute Gasteiger partial charge is 0.326 e. The average Bonchev–Trinajstić information content (AvgIpc) is 2.76. The zero-order valence-electron chi connectivity index (χ0n) is 19.7. The van der Waals surface area contributed by atoms with Gasteiger partial charge < -0.3 is 54.2 Å². The van der Waals surface area contributed by atoms with Gasteiger partial charge in [0.15, 0.2) is 5.96 Å². The lowest BCUT2D eigenvalue weighted by Gasteiger charge is -2.25. The Morgan fingerprint density at radius 3 is 1.78 bits per heavy atom. The van der Waals surface area contributed by atoms with Crippen LogP contribution in [0.2, 0.25) is 0 Å². The molecule has 0 aromatic rings. The van der Waals surface area contributed by atoms with Crippen molar-refractivity contribution in [3.8, 4) is 0 Å². The predicted molar refractivity (Wildman–Crippen MR) is 124 cm³/mol. The lowest BCUT2D eigenvalue weighted by molar-refractivity contribution is -0.147. The van der Waals surface area contributed by atoms with Crippen molar-refractivity contribution in [3.05, 3.63) is 0 Å². The maximum atomic E-state index is 12.9. The second-order valence-corrected chi connectivity index (χ2v) is 7.84. The molecule has 0 rings (SSSR count). The van der Waals surface area contributed by atoms with Crippen LogP contribution in [0.15, 0.2) is 4.99 Å². The molecule has 0 aromatic heterocycles. The van der Waals surface area contributed by atoms with Crippen molar-refractivity contribution in [2.75, 3.05) is 6.54 Å². The minimum absolute atomic E-state index is 0.0462. The first-order chi connectivity index (χ1) is 16.6. The maximum Gasteiger partial charge on any atom is 0.326 e. The number of amides is 4. The van der Waals surface area contributed by atoms with E-state index in [0.29, 0.717) is 0 Å². The van der Waals surface area contributed by atoms with E-state index in [2.05, 4.69) is 15.6 Å². The third-order valence-electron chi connectivity index (χ3n) is 4.71. The molecule has 0 radical (unpaired) electrons. The van der Waals surface area contributed by atoms with Crippen LogP contribution in [0.25, 0.3) is 0 Å². The van der Waals surface area contributed by atoms with Crippen molar-refractivity contribution in [3.63, 3.8) is 0 Å². The molecule has 5 unspecified atom stereocenters. The molecular formula is C19H34N8O9. The zero-order valence-corrected chi connectivity index (χ0v) is 19.7. The van der Waals surface area contributed by atoms with Gasteiger partial charge in [0.25, 0.3) is 0 Å². The third-order valence-corrected chi connectivity index (χ3v) is 4.71. The Morgan fingerprint density at radius 1 is 0.833 bits per heavy atom. The van der Waals surface area contributed by atoms with Crippen molar-refractivity contribution in [1.82, 2.24) is 16.0 Å². The minimum atomic E-state index is -1.79. The molecule has 0 aliphatic heterocycles. The summed E-state index contributed by atoms with van der Waals surface area (Å²) in [6.45, 7) is 1.29. The molecule has 0 aromatic carbocycles. The summed E-state index contributed by atoms with van der Waals surface area (Å²) >= 11 is 0. The topological polar surface area (TPSA) is 316 Å². The number of aliphatic imine (C=N–C) groups is 1. The van der Waals surface area contributed by atoms with E-state index in [1.54, 1.807) is 0 Å². The number of nitrogens with zero attached hydrogens (tertiary/aromatic N) is 1. The molecule has 0 spiro atoms. The van der Waals surface area contributed by atoms with Crippen molar-refractivity contribution < 1.29 is 44.1 Å². The number of primary amides is 1. The highest BCUT2D eigenvalue weighted by Gasteiger charge is 2.31. The normalized spacial score (nSPS) is 14.8.